The lowest BCUT2D eigenvalue weighted by Crippen LogP contribution is -2.41. The minimum atomic E-state index is -3.92. The van der Waals surface area contributed by atoms with Gasteiger partial charge in [-0.3, -0.25) is 9.10 Å². The smallest absolute Gasteiger partial charge is 0.264 e. The van der Waals surface area contributed by atoms with E-state index in [1.54, 1.807) is 48.2 Å². The summed E-state index contributed by atoms with van der Waals surface area (Å²) < 4.78 is 28.1. The molecule has 0 atom stereocenters. The summed E-state index contributed by atoms with van der Waals surface area (Å²) >= 11 is 7.69. The van der Waals surface area contributed by atoms with E-state index in [2.05, 4.69) is 5.32 Å². The van der Waals surface area contributed by atoms with E-state index in [4.69, 9.17) is 11.6 Å². The van der Waals surface area contributed by atoms with Gasteiger partial charge < -0.3 is 5.32 Å². The van der Waals surface area contributed by atoms with Gasteiger partial charge in [-0.1, -0.05) is 47.5 Å². The SMILES string of the molecule is Cc1ccc(S(=O)(=O)N(CC(=O)NCCSCc2cccc(Cl)c2)c2ccc(C)c(C)c2)cc1. The van der Waals surface area contributed by atoms with Crippen molar-refractivity contribution in [1.82, 2.24) is 5.32 Å². The normalized spacial score (nSPS) is 11.3. The Morgan fingerprint density at radius 3 is 2.38 bits per heavy atom. The summed E-state index contributed by atoms with van der Waals surface area (Å²) in [5.41, 5.74) is 4.56. The van der Waals surface area contributed by atoms with E-state index in [-0.39, 0.29) is 17.3 Å². The molecular weight excluding hydrogens is 488 g/mol. The van der Waals surface area contributed by atoms with Crippen LogP contribution in [0.2, 0.25) is 5.02 Å². The van der Waals surface area contributed by atoms with Crippen molar-refractivity contribution in [1.29, 1.82) is 0 Å². The maximum absolute atomic E-state index is 13.5. The van der Waals surface area contributed by atoms with Crippen LogP contribution in [0, 0.1) is 20.8 Å². The van der Waals surface area contributed by atoms with Gasteiger partial charge in [-0.25, -0.2) is 8.42 Å². The van der Waals surface area contributed by atoms with Crippen molar-refractivity contribution in [3.63, 3.8) is 0 Å². The van der Waals surface area contributed by atoms with Crippen molar-refractivity contribution in [2.24, 2.45) is 0 Å². The summed E-state index contributed by atoms with van der Waals surface area (Å²) in [7, 11) is -3.92. The number of nitrogens with zero attached hydrogens (tertiary/aromatic N) is 1. The third-order valence-corrected chi connectivity index (χ3v) is 8.45. The molecule has 0 unspecified atom stereocenters. The number of thioether (sulfide) groups is 1. The minimum absolute atomic E-state index is 0.154. The van der Waals surface area contributed by atoms with E-state index in [0.29, 0.717) is 23.0 Å². The van der Waals surface area contributed by atoms with Crippen LogP contribution in [-0.2, 0) is 20.6 Å². The number of hydrogen-bond acceptors (Lipinski definition) is 4. The van der Waals surface area contributed by atoms with Crippen molar-refractivity contribution in [3.05, 3.63) is 94.0 Å². The van der Waals surface area contributed by atoms with E-state index < -0.39 is 10.0 Å². The summed E-state index contributed by atoms with van der Waals surface area (Å²) in [6, 6.07) is 19.7. The van der Waals surface area contributed by atoms with Crippen molar-refractivity contribution in [3.8, 4) is 0 Å². The summed E-state index contributed by atoms with van der Waals surface area (Å²) in [6.07, 6.45) is 0. The van der Waals surface area contributed by atoms with E-state index in [0.717, 1.165) is 28.0 Å². The Hall–Kier alpha value is -2.48. The van der Waals surface area contributed by atoms with Gasteiger partial charge in [0, 0.05) is 23.1 Å². The number of amides is 1. The molecule has 8 heteroatoms. The van der Waals surface area contributed by atoms with Gasteiger partial charge in [0.25, 0.3) is 10.0 Å². The lowest BCUT2D eigenvalue weighted by molar-refractivity contribution is -0.119. The predicted molar refractivity (Wildman–Crippen MR) is 142 cm³/mol. The van der Waals surface area contributed by atoms with E-state index in [9.17, 15) is 13.2 Å². The molecule has 0 saturated carbocycles. The van der Waals surface area contributed by atoms with Crippen LogP contribution in [0.4, 0.5) is 5.69 Å². The zero-order valence-corrected chi connectivity index (χ0v) is 21.9. The zero-order chi connectivity index (χ0) is 24.7. The Labute approximate surface area is 211 Å². The maximum atomic E-state index is 13.5. The van der Waals surface area contributed by atoms with Crippen LogP contribution in [0.3, 0.4) is 0 Å². The van der Waals surface area contributed by atoms with Crippen LogP contribution < -0.4 is 9.62 Å². The molecule has 5 nitrogen and oxygen atoms in total. The lowest BCUT2D eigenvalue weighted by Gasteiger charge is -2.25. The van der Waals surface area contributed by atoms with Crippen LogP contribution in [0.25, 0.3) is 0 Å². The third-order valence-electron chi connectivity index (χ3n) is 5.40. The molecular formula is C26H29ClN2O3S2. The first-order valence-corrected chi connectivity index (χ1v) is 13.9. The predicted octanol–water partition coefficient (Wildman–Crippen LogP) is 5.51. The van der Waals surface area contributed by atoms with Crippen LogP contribution in [-0.4, -0.2) is 33.2 Å². The molecule has 3 aromatic carbocycles. The maximum Gasteiger partial charge on any atom is 0.264 e. The van der Waals surface area contributed by atoms with Crippen molar-refractivity contribution in [2.45, 2.75) is 31.4 Å². The van der Waals surface area contributed by atoms with Gasteiger partial charge in [0.15, 0.2) is 0 Å². The van der Waals surface area contributed by atoms with Crippen molar-refractivity contribution < 1.29 is 13.2 Å². The highest BCUT2D eigenvalue weighted by Gasteiger charge is 2.27. The van der Waals surface area contributed by atoms with Gasteiger partial charge in [-0.05, 0) is 73.9 Å². The Bertz CT molecular complexity index is 1250. The van der Waals surface area contributed by atoms with Gasteiger partial charge in [0.2, 0.25) is 5.91 Å². The third kappa shape index (κ3) is 7.01. The van der Waals surface area contributed by atoms with Gasteiger partial charge in [0.05, 0.1) is 10.6 Å². The molecule has 3 rings (SSSR count). The molecule has 0 bridgehead atoms. The molecule has 0 aliphatic heterocycles. The zero-order valence-electron chi connectivity index (χ0n) is 19.5. The molecule has 0 aliphatic rings. The first kappa shape index (κ1) is 26.1. The van der Waals surface area contributed by atoms with Gasteiger partial charge >= 0.3 is 0 Å². The molecule has 0 spiro atoms. The van der Waals surface area contributed by atoms with Crippen LogP contribution >= 0.6 is 23.4 Å². The largest absolute Gasteiger partial charge is 0.354 e. The molecule has 34 heavy (non-hydrogen) atoms. The minimum Gasteiger partial charge on any atom is -0.354 e. The highest BCUT2D eigenvalue weighted by atomic mass is 35.5. The Morgan fingerprint density at radius 1 is 0.971 bits per heavy atom. The molecule has 1 amide bonds. The number of benzene rings is 3. The molecule has 0 aromatic heterocycles. The quantitative estimate of drug-likeness (QED) is 0.361. The lowest BCUT2D eigenvalue weighted by atomic mass is 10.1. The topological polar surface area (TPSA) is 66.5 Å². The summed E-state index contributed by atoms with van der Waals surface area (Å²) in [5, 5.41) is 3.55. The second-order valence-corrected chi connectivity index (χ2v) is 11.5. The number of rotatable bonds is 10. The molecule has 0 fully saturated rings. The molecule has 0 heterocycles. The van der Waals surface area contributed by atoms with Gasteiger partial charge in [0.1, 0.15) is 6.54 Å². The van der Waals surface area contributed by atoms with Gasteiger partial charge in [-0.2, -0.15) is 11.8 Å². The fourth-order valence-corrected chi connectivity index (χ4v) is 5.73. The standard InChI is InChI=1S/C26H29ClN2O3S2/c1-19-7-11-25(12-8-19)34(31,32)29(24-10-9-20(2)21(3)15-24)17-26(30)28-13-14-33-18-22-5-4-6-23(27)16-22/h4-12,15-16H,13-14,17-18H2,1-3H3,(H,28,30). The number of carbonyl (C=O) groups excluding carboxylic acids is 1. The molecule has 3 aromatic rings. The number of carbonyl (C=O) groups is 1. The number of aryl methyl sites for hydroxylation is 3. The first-order valence-electron chi connectivity index (χ1n) is 10.9. The van der Waals surface area contributed by atoms with Crippen molar-refractivity contribution >= 4 is 45.0 Å². The van der Waals surface area contributed by atoms with Crippen LogP contribution in [0.5, 0.6) is 0 Å². The number of halogens is 1. The second-order valence-electron chi connectivity index (χ2n) is 8.13. The van der Waals surface area contributed by atoms with Crippen molar-refractivity contribution in [2.75, 3.05) is 23.1 Å². The fraction of sp³-hybridized carbons (Fsp3) is 0.269. The molecule has 180 valence electrons. The molecule has 0 radical (unpaired) electrons. The molecule has 0 aliphatic carbocycles. The number of nitrogens with one attached hydrogen (secondary N) is 1. The Morgan fingerprint density at radius 2 is 1.71 bits per heavy atom. The second kappa shape index (κ2) is 11.8. The van der Waals surface area contributed by atoms with Crippen LogP contribution in [0.1, 0.15) is 22.3 Å². The first-order chi connectivity index (χ1) is 16.2. The number of sulfonamides is 1. The van der Waals surface area contributed by atoms with E-state index in [1.807, 2.05) is 51.1 Å². The summed E-state index contributed by atoms with van der Waals surface area (Å²) in [5.74, 6) is 1.14. The Balaban J connectivity index is 1.67. The van der Waals surface area contributed by atoms with E-state index in [1.165, 1.54) is 4.31 Å². The number of anilines is 1. The van der Waals surface area contributed by atoms with Gasteiger partial charge in [-0.15, -0.1) is 0 Å². The molecule has 1 N–H and O–H groups in total. The summed E-state index contributed by atoms with van der Waals surface area (Å²) in [4.78, 5) is 12.9. The van der Waals surface area contributed by atoms with Crippen LogP contribution in [0.15, 0.2) is 71.6 Å². The summed E-state index contributed by atoms with van der Waals surface area (Å²) in [6.45, 7) is 5.93. The number of hydrogen-bond donors (Lipinski definition) is 1. The van der Waals surface area contributed by atoms with E-state index >= 15 is 0 Å². The Kier molecular flexibility index (Phi) is 9.05. The monoisotopic (exact) mass is 516 g/mol. The average Bonchev–Trinajstić information content (AvgIpc) is 2.79. The highest BCUT2D eigenvalue weighted by molar-refractivity contribution is 7.98. The molecule has 0 saturated heterocycles. The fourth-order valence-electron chi connectivity index (χ4n) is 3.30. The highest BCUT2D eigenvalue weighted by Crippen LogP contribution is 2.26. The average molecular weight is 517 g/mol.